The zero-order valence-corrected chi connectivity index (χ0v) is 10.5. The van der Waals surface area contributed by atoms with Gasteiger partial charge in [-0.05, 0) is 24.6 Å². The van der Waals surface area contributed by atoms with Crippen LogP contribution in [0.5, 0.6) is 0 Å². The molecule has 0 aliphatic heterocycles. The third kappa shape index (κ3) is 2.55. The van der Waals surface area contributed by atoms with Gasteiger partial charge in [-0.1, -0.05) is 29.3 Å². The van der Waals surface area contributed by atoms with Gasteiger partial charge in [0.2, 0.25) is 0 Å². The molecular weight excluding hydrogens is 241 g/mol. The summed E-state index contributed by atoms with van der Waals surface area (Å²) in [6.07, 6.45) is 4.05. The molecule has 0 spiro atoms. The summed E-state index contributed by atoms with van der Waals surface area (Å²) in [7, 11) is 0. The maximum Gasteiger partial charge on any atom is 0.176 e. The van der Waals surface area contributed by atoms with Crippen LogP contribution in [0.4, 0.5) is 0 Å². The number of benzene rings is 1. The molecule has 0 aliphatic carbocycles. The quantitative estimate of drug-likeness (QED) is 0.719. The van der Waals surface area contributed by atoms with Gasteiger partial charge in [0.15, 0.2) is 18.9 Å². The smallest absolute Gasteiger partial charge is 0.176 e. The first-order valence-electron chi connectivity index (χ1n) is 5.05. The molecule has 0 unspecified atom stereocenters. The van der Waals surface area contributed by atoms with Crippen LogP contribution in [0.3, 0.4) is 0 Å². The Labute approximate surface area is 105 Å². The van der Waals surface area contributed by atoms with Gasteiger partial charge in [-0.3, -0.25) is 0 Å². The van der Waals surface area contributed by atoms with Crippen molar-refractivity contribution in [3.63, 3.8) is 0 Å². The highest BCUT2D eigenvalue weighted by atomic mass is 35.5. The van der Waals surface area contributed by atoms with E-state index in [1.54, 1.807) is 0 Å². The molecule has 1 aromatic carbocycles. The van der Waals surface area contributed by atoms with Gasteiger partial charge in [-0.25, -0.2) is 4.57 Å². The Morgan fingerprint density at radius 3 is 2.12 bits per heavy atom. The van der Waals surface area contributed by atoms with Crippen molar-refractivity contribution < 1.29 is 4.57 Å². The van der Waals surface area contributed by atoms with E-state index in [1.807, 2.05) is 30.6 Å². The van der Waals surface area contributed by atoms with Crippen LogP contribution < -0.4 is 4.57 Å². The molecule has 2 rings (SSSR count). The van der Waals surface area contributed by atoms with E-state index in [0.29, 0.717) is 16.6 Å². The third-order valence-electron chi connectivity index (χ3n) is 2.46. The Kier molecular flexibility index (Phi) is 3.47. The zero-order chi connectivity index (χ0) is 11.5. The molecule has 0 amide bonds. The number of aromatic nitrogens is 1. The van der Waals surface area contributed by atoms with Gasteiger partial charge in [0.25, 0.3) is 0 Å². The summed E-state index contributed by atoms with van der Waals surface area (Å²) < 4.78 is 2.06. The molecule has 0 saturated heterocycles. The molecule has 16 heavy (non-hydrogen) atoms. The van der Waals surface area contributed by atoms with E-state index in [0.717, 1.165) is 5.56 Å². The third-order valence-corrected chi connectivity index (χ3v) is 3.17. The number of halogens is 2. The number of aryl methyl sites for hydroxylation is 1. The average molecular weight is 253 g/mol. The number of rotatable bonds is 2. The summed E-state index contributed by atoms with van der Waals surface area (Å²) in [4.78, 5) is 0. The van der Waals surface area contributed by atoms with Crippen molar-refractivity contribution >= 4 is 23.2 Å². The fourth-order valence-electron chi connectivity index (χ4n) is 1.50. The fourth-order valence-corrected chi connectivity index (χ4v) is 2.02. The van der Waals surface area contributed by atoms with Crippen molar-refractivity contribution in [2.45, 2.75) is 13.5 Å². The Morgan fingerprint density at radius 2 is 1.56 bits per heavy atom. The lowest BCUT2D eigenvalue weighted by atomic mass is 10.2. The molecule has 2 aromatic rings. The molecule has 0 aliphatic rings. The van der Waals surface area contributed by atoms with Crippen molar-refractivity contribution in [3.8, 4) is 0 Å². The predicted molar refractivity (Wildman–Crippen MR) is 66.9 cm³/mol. The van der Waals surface area contributed by atoms with Crippen LogP contribution in [0.25, 0.3) is 0 Å². The van der Waals surface area contributed by atoms with Crippen LogP contribution in [0, 0.1) is 6.92 Å². The number of hydrogen-bond acceptors (Lipinski definition) is 0. The van der Waals surface area contributed by atoms with Crippen LogP contribution in [0.2, 0.25) is 10.0 Å². The fraction of sp³-hybridized carbons (Fsp3) is 0.154. The van der Waals surface area contributed by atoms with E-state index >= 15 is 0 Å². The SMILES string of the molecule is Cc1cc[n+](Cc2c(Cl)cccc2Cl)cc1. The first-order chi connectivity index (χ1) is 7.66. The maximum absolute atomic E-state index is 6.11. The monoisotopic (exact) mass is 252 g/mol. The Morgan fingerprint density at radius 1 is 1.00 bits per heavy atom. The number of nitrogens with zero attached hydrogens (tertiary/aromatic N) is 1. The van der Waals surface area contributed by atoms with Crippen molar-refractivity contribution in [1.29, 1.82) is 0 Å². The Hall–Kier alpha value is -1.05. The molecule has 3 heteroatoms. The van der Waals surface area contributed by atoms with E-state index < -0.39 is 0 Å². The summed E-state index contributed by atoms with van der Waals surface area (Å²) >= 11 is 12.2. The molecule has 1 aromatic heterocycles. The molecule has 1 heterocycles. The molecule has 0 radical (unpaired) electrons. The van der Waals surface area contributed by atoms with Crippen LogP contribution in [0.15, 0.2) is 42.7 Å². The second kappa shape index (κ2) is 4.86. The van der Waals surface area contributed by atoms with Gasteiger partial charge in [0, 0.05) is 12.1 Å². The molecule has 0 saturated carbocycles. The van der Waals surface area contributed by atoms with Crippen molar-refractivity contribution in [3.05, 3.63) is 63.9 Å². The van der Waals surface area contributed by atoms with E-state index in [-0.39, 0.29) is 0 Å². The molecule has 0 atom stereocenters. The minimum Gasteiger partial charge on any atom is -0.201 e. The van der Waals surface area contributed by atoms with Gasteiger partial charge in [-0.15, -0.1) is 0 Å². The average Bonchev–Trinajstić information content (AvgIpc) is 2.26. The lowest BCUT2D eigenvalue weighted by molar-refractivity contribution is -0.688. The predicted octanol–water partition coefficient (Wildman–Crippen LogP) is 3.64. The number of pyridine rings is 1. The summed E-state index contributed by atoms with van der Waals surface area (Å²) in [6.45, 7) is 2.76. The lowest BCUT2D eigenvalue weighted by Crippen LogP contribution is -2.33. The summed E-state index contributed by atoms with van der Waals surface area (Å²) in [5.74, 6) is 0. The van der Waals surface area contributed by atoms with Gasteiger partial charge in [-0.2, -0.15) is 0 Å². The highest BCUT2D eigenvalue weighted by Crippen LogP contribution is 2.23. The van der Waals surface area contributed by atoms with E-state index in [9.17, 15) is 0 Å². The molecular formula is C13H12Cl2N+. The molecule has 0 bridgehead atoms. The first-order valence-corrected chi connectivity index (χ1v) is 5.81. The minimum atomic E-state index is 0.693. The van der Waals surface area contributed by atoms with Crippen LogP contribution in [0.1, 0.15) is 11.1 Å². The van der Waals surface area contributed by atoms with Gasteiger partial charge < -0.3 is 0 Å². The first kappa shape index (κ1) is 11.4. The van der Waals surface area contributed by atoms with Gasteiger partial charge >= 0.3 is 0 Å². The van der Waals surface area contributed by atoms with E-state index in [1.165, 1.54) is 5.56 Å². The second-order valence-corrected chi connectivity index (χ2v) is 4.56. The zero-order valence-electron chi connectivity index (χ0n) is 8.95. The van der Waals surface area contributed by atoms with Crippen LogP contribution in [-0.4, -0.2) is 0 Å². The summed E-state index contributed by atoms with van der Waals surface area (Å²) in [5.41, 5.74) is 2.20. The standard InChI is InChI=1S/C13H12Cl2N/c1-10-5-7-16(8-6-10)9-11-12(14)3-2-4-13(11)15/h2-8H,9H2,1H3/q+1. The highest BCUT2D eigenvalue weighted by Gasteiger charge is 2.10. The van der Waals surface area contributed by atoms with Crippen LogP contribution >= 0.6 is 23.2 Å². The van der Waals surface area contributed by atoms with Crippen molar-refractivity contribution in [2.24, 2.45) is 0 Å². The molecule has 0 fully saturated rings. The van der Waals surface area contributed by atoms with Gasteiger partial charge in [0.1, 0.15) is 0 Å². The normalized spacial score (nSPS) is 10.4. The van der Waals surface area contributed by atoms with Crippen molar-refractivity contribution in [2.75, 3.05) is 0 Å². The summed E-state index contributed by atoms with van der Waals surface area (Å²) in [6, 6.07) is 9.69. The van der Waals surface area contributed by atoms with Gasteiger partial charge in [0.05, 0.1) is 15.6 Å². The maximum atomic E-state index is 6.11. The van der Waals surface area contributed by atoms with Crippen LogP contribution in [-0.2, 0) is 6.54 Å². The highest BCUT2D eigenvalue weighted by molar-refractivity contribution is 6.35. The topological polar surface area (TPSA) is 3.88 Å². The second-order valence-electron chi connectivity index (χ2n) is 3.75. The van der Waals surface area contributed by atoms with E-state index in [4.69, 9.17) is 23.2 Å². The Bertz CT molecular complexity index is 472. The Balaban J connectivity index is 2.30. The molecule has 1 nitrogen and oxygen atoms in total. The largest absolute Gasteiger partial charge is 0.201 e. The summed E-state index contributed by atoms with van der Waals surface area (Å²) in [5, 5.41) is 1.42. The van der Waals surface area contributed by atoms with E-state index in [2.05, 4.69) is 23.6 Å². The number of hydrogen-bond donors (Lipinski definition) is 0. The minimum absolute atomic E-state index is 0.693. The van der Waals surface area contributed by atoms with Crippen molar-refractivity contribution in [1.82, 2.24) is 0 Å². The molecule has 0 N–H and O–H groups in total. The molecule has 82 valence electrons. The lowest BCUT2D eigenvalue weighted by Gasteiger charge is -2.03.